The Hall–Kier alpha value is -2.84. The maximum Gasteiger partial charge on any atom is 0.197 e. The molecule has 5 heteroatoms. The predicted molar refractivity (Wildman–Crippen MR) is 109 cm³/mol. The smallest absolute Gasteiger partial charge is 0.197 e. The zero-order chi connectivity index (χ0) is 18.5. The Kier molecular flexibility index (Phi) is 3.74. The summed E-state index contributed by atoms with van der Waals surface area (Å²) in [6.45, 7) is 8.55. The molecule has 4 aromatic rings. The number of benzene rings is 2. The van der Waals surface area contributed by atoms with Crippen molar-refractivity contribution in [3.63, 3.8) is 0 Å². The summed E-state index contributed by atoms with van der Waals surface area (Å²) >= 11 is 1.70. The fraction of sp³-hybridized carbons (Fsp3) is 0.238. The average Bonchev–Trinajstić information content (AvgIpc) is 3.10. The number of hydrogen-bond donors (Lipinski definition) is 1. The summed E-state index contributed by atoms with van der Waals surface area (Å²) in [6, 6.07) is 16.3. The number of rotatable bonds is 2. The van der Waals surface area contributed by atoms with E-state index in [0.717, 1.165) is 27.6 Å². The van der Waals surface area contributed by atoms with Crippen LogP contribution in [0.25, 0.3) is 26.4 Å². The van der Waals surface area contributed by atoms with Gasteiger partial charge in [0.2, 0.25) is 0 Å². The van der Waals surface area contributed by atoms with Gasteiger partial charge in [0.05, 0.1) is 21.8 Å². The standard InChI is InChI=1S/C21H20N4S/c1-13-5-10-16-17(11-13)26-20-23-18(15-8-6-14(12-22)7-9-15)19(25(16)20)24-21(2,3)4/h5-11,24H,1-4H3. The summed E-state index contributed by atoms with van der Waals surface area (Å²) in [4.78, 5) is 5.89. The molecule has 0 radical (unpaired) electrons. The van der Waals surface area contributed by atoms with E-state index in [4.69, 9.17) is 10.2 Å². The summed E-state index contributed by atoms with van der Waals surface area (Å²) < 4.78 is 3.44. The lowest BCUT2D eigenvalue weighted by Crippen LogP contribution is -2.27. The maximum absolute atomic E-state index is 9.05. The SMILES string of the molecule is Cc1ccc2c(c1)sc1nc(-c3ccc(C#N)cc3)c(NC(C)(C)C)n12. The van der Waals surface area contributed by atoms with Gasteiger partial charge in [0.25, 0.3) is 0 Å². The molecular formula is C21H20N4S. The van der Waals surface area contributed by atoms with Crippen molar-refractivity contribution < 1.29 is 0 Å². The molecule has 0 spiro atoms. The average molecular weight is 360 g/mol. The van der Waals surface area contributed by atoms with Crippen molar-refractivity contribution in [1.82, 2.24) is 9.38 Å². The van der Waals surface area contributed by atoms with Crippen LogP contribution in [0.5, 0.6) is 0 Å². The first-order valence-electron chi connectivity index (χ1n) is 8.56. The first-order valence-corrected chi connectivity index (χ1v) is 9.38. The molecule has 0 aliphatic heterocycles. The largest absolute Gasteiger partial charge is 0.365 e. The van der Waals surface area contributed by atoms with Gasteiger partial charge >= 0.3 is 0 Å². The Morgan fingerprint density at radius 2 is 1.85 bits per heavy atom. The number of nitrogens with zero attached hydrogens (tertiary/aromatic N) is 3. The number of anilines is 1. The molecule has 2 heterocycles. The Morgan fingerprint density at radius 1 is 1.12 bits per heavy atom. The van der Waals surface area contributed by atoms with Gasteiger partial charge in [0.1, 0.15) is 11.5 Å². The van der Waals surface area contributed by atoms with Crippen LogP contribution >= 0.6 is 11.3 Å². The van der Waals surface area contributed by atoms with Crippen molar-refractivity contribution in [3.05, 3.63) is 53.6 Å². The van der Waals surface area contributed by atoms with Gasteiger partial charge in [-0.15, -0.1) is 0 Å². The molecule has 2 aromatic carbocycles. The third-order valence-corrected chi connectivity index (χ3v) is 5.19. The van der Waals surface area contributed by atoms with Crippen molar-refractivity contribution >= 4 is 32.3 Å². The minimum Gasteiger partial charge on any atom is -0.365 e. The highest BCUT2D eigenvalue weighted by molar-refractivity contribution is 7.23. The van der Waals surface area contributed by atoms with E-state index in [1.165, 1.54) is 10.3 Å². The molecule has 0 fully saturated rings. The van der Waals surface area contributed by atoms with Gasteiger partial charge in [-0.05, 0) is 57.5 Å². The number of fused-ring (bicyclic) bond motifs is 3. The van der Waals surface area contributed by atoms with E-state index in [-0.39, 0.29) is 5.54 Å². The van der Waals surface area contributed by atoms with E-state index >= 15 is 0 Å². The van der Waals surface area contributed by atoms with Crippen molar-refractivity contribution in [3.8, 4) is 17.3 Å². The molecule has 2 aromatic heterocycles. The number of nitrogens with one attached hydrogen (secondary N) is 1. The number of aryl methyl sites for hydroxylation is 1. The Morgan fingerprint density at radius 3 is 2.50 bits per heavy atom. The molecule has 0 saturated heterocycles. The summed E-state index contributed by atoms with van der Waals surface area (Å²) in [5.41, 5.74) is 4.89. The number of imidazole rings is 1. The maximum atomic E-state index is 9.05. The van der Waals surface area contributed by atoms with Crippen molar-refractivity contribution in [2.75, 3.05) is 5.32 Å². The fourth-order valence-electron chi connectivity index (χ4n) is 3.05. The summed E-state index contributed by atoms with van der Waals surface area (Å²) in [6.07, 6.45) is 0. The van der Waals surface area contributed by atoms with Crippen LogP contribution in [0.2, 0.25) is 0 Å². The molecule has 4 rings (SSSR count). The Labute approximate surface area is 156 Å². The number of nitriles is 1. The van der Waals surface area contributed by atoms with Gasteiger partial charge in [-0.2, -0.15) is 5.26 Å². The van der Waals surface area contributed by atoms with Gasteiger partial charge in [-0.3, -0.25) is 4.40 Å². The van der Waals surface area contributed by atoms with Crippen LogP contribution in [0.4, 0.5) is 5.82 Å². The Balaban J connectivity index is 1.99. The monoisotopic (exact) mass is 360 g/mol. The van der Waals surface area contributed by atoms with E-state index in [9.17, 15) is 0 Å². The van der Waals surface area contributed by atoms with Gasteiger partial charge in [0, 0.05) is 11.1 Å². The third-order valence-electron chi connectivity index (χ3n) is 4.18. The molecule has 4 nitrogen and oxygen atoms in total. The molecule has 0 bridgehead atoms. The summed E-state index contributed by atoms with van der Waals surface area (Å²) in [7, 11) is 0. The number of hydrogen-bond acceptors (Lipinski definition) is 4. The number of aromatic nitrogens is 2. The van der Waals surface area contributed by atoms with E-state index < -0.39 is 0 Å². The van der Waals surface area contributed by atoms with Crippen molar-refractivity contribution in [2.45, 2.75) is 33.2 Å². The third kappa shape index (κ3) is 2.83. The predicted octanol–water partition coefficient (Wildman–Crippen LogP) is 5.61. The molecule has 1 N–H and O–H groups in total. The molecule has 0 aliphatic carbocycles. The van der Waals surface area contributed by atoms with Crippen LogP contribution in [0.3, 0.4) is 0 Å². The Bertz CT molecular complexity index is 1150. The van der Waals surface area contributed by atoms with Crippen LogP contribution < -0.4 is 5.32 Å². The van der Waals surface area contributed by atoms with Crippen LogP contribution in [-0.2, 0) is 0 Å². The zero-order valence-electron chi connectivity index (χ0n) is 15.3. The van der Waals surface area contributed by atoms with E-state index in [2.05, 4.69) is 61.7 Å². The van der Waals surface area contributed by atoms with Crippen LogP contribution in [-0.4, -0.2) is 14.9 Å². The lowest BCUT2D eigenvalue weighted by Gasteiger charge is -2.22. The van der Waals surface area contributed by atoms with Gasteiger partial charge in [-0.1, -0.05) is 29.5 Å². The lowest BCUT2D eigenvalue weighted by atomic mass is 10.1. The van der Waals surface area contributed by atoms with E-state index in [1.807, 2.05) is 24.3 Å². The molecule has 130 valence electrons. The normalized spacial score (nSPS) is 11.8. The second kappa shape index (κ2) is 5.86. The summed E-state index contributed by atoms with van der Waals surface area (Å²) in [5, 5.41) is 12.7. The first kappa shape index (κ1) is 16.6. The highest BCUT2D eigenvalue weighted by Gasteiger charge is 2.22. The quantitative estimate of drug-likeness (QED) is 0.506. The molecule has 26 heavy (non-hydrogen) atoms. The minimum absolute atomic E-state index is 0.101. The van der Waals surface area contributed by atoms with Crippen LogP contribution in [0.1, 0.15) is 31.9 Å². The lowest BCUT2D eigenvalue weighted by molar-refractivity contribution is 0.630. The molecule has 0 unspecified atom stereocenters. The molecule has 0 amide bonds. The van der Waals surface area contributed by atoms with E-state index in [1.54, 1.807) is 11.3 Å². The van der Waals surface area contributed by atoms with Crippen LogP contribution in [0, 0.1) is 18.3 Å². The highest BCUT2D eigenvalue weighted by atomic mass is 32.1. The second-order valence-electron chi connectivity index (χ2n) is 7.56. The highest BCUT2D eigenvalue weighted by Crippen LogP contribution is 2.37. The molecular weight excluding hydrogens is 340 g/mol. The van der Waals surface area contributed by atoms with Gasteiger partial charge in [0.15, 0.2) is 4.96 Å². The zero-order valence-corrected chi connectivity index (χ0v) is 16.1. The fourth-order valence-corrected chi connectivity index (χ4v) is 4.18. The van der Waals surface area contributed by atoms with Crippen LogP contribution in [0.15, 0.2) is 42.5 Å². The molecule has 0 saturated carbocycles. The molecule has 0 atom stereocenters. The van der Waals surface area contributed by atoms with Crippen molar-refractivity contribution in [2.24, 2.45) is 0 Å². The van der Waals surface area contributed by atoms with E-state index in [0.29, 0.717) is 5.56 Å². The van der Waals surface area contributed by atoms with Crippen molar-refractivity contribution in [1.29, 1.82) is 5.26 Å². The number of thiazole rings is 1. The minimum atomic E-state index is -0.101. The molecule has 0 aliphatic rings. The second-order valence-corrected chi connectivity index (χ2v) is 8.57. The topological polar surface area (TPSA) is 53.1 Å². The van der Waals surface area contributed by atoms with Gasteiger partial charge in [-0.25, -0.2) is 4.98 Å². The van der Waals surface area contributed by atoms with Gasteiger partial charge < -0.3 is 5.32 Å². The first-order chi connectivity index (χ1) is 12.4. The summed E-state index contributed by atoms with van der Waals surface area (Å²) in [5.74, 6) is 0.993.